The molecule has 0 saturated heterocycles. The van der Waals surface area contributed by atoms with Gasteiger partial charge in [-0.2, -0.15) is 0 Å². The zero-order valence-electron chi connectivity index (χ0n) is 10.2. The van der Waals surface area contributed by atoms with Crippen molar-refractivity contribution >= 4 is 11.5 Å². The van der Waals surface area contributed by atoms with Crippen LogP contribution in [0.3, 0.4) is 0 Å². The molecule has 1 aliphatic rings. The molecule has 0 spiro atoms. The zero-order chi connectivity index (χ0) is 11.5. The minimum atomic E-state index is 0.511. The number of aryl methyl sites for hydroxylation is 1. The second kappa shape index (κ2) is 4.73. The molecule has 88 valence electrons. The highest BCUT2D eigenvalue weighted by molar-refractivity contribution is 5.51. The number of nitrogens with two attached hydrogens (primary N) is 1. The first kappa shape index (κ1) is 11.2. The number of hydrogen-bond donors (Lipinski definition) is 2. The molecule has 1 atom stereocenters. The van der Waals surface area contributed by atoms with Gasteiger partial charge >= 0.3 is 0 Å². The molecule has 1 heterocycles. The van der Waals surface area contributed by atoms with E-state index in [0.29, 0.717) is 6.04 Å². The predicted molar refractivity (Wildman–Crippen MR) is 68.4 cm³/mol. The van der Waals surface area contributed by atoms with Gasteiger partial charge in [0.25, 0.3) is 0 Å². The van der Waals surface area contributed by atoms with Crippen molar-refractivity contribution in [1.82, 2.24) is 4.98 Å². The highest BCUT2D eigenvalue weighted by Crippen LogP contribution is 2.29. The van der Waals surface area contributed by atoms with E-state index < -0.39 is 0 Å². The molecule has 2 rings (SSSR count). The summed E-state index contributed by atoms with van der Waals surface area (Å²) in [5.41, 5.74) is 7.55. The van der Waals surface area contributed by atoms with Crippen molar-refractivity contribution in [2.45, 2.75) is 45.6 Å². The molecule has 1 aromatic heterocycles. The van der Waals surface area contributed by atoms with E-state index in [2.05, 4.69) is 17.2 Å². The second-order valence-electron chi connectivity index (χ2n) is 4.91. The van der Waals surface area contributed by atoms with Crippen LogP contribution in [0.2, 0.25) is 0 Å². The molecule has 3 heteroatoms. The topological polar surface area (TPSA) is 50.9 Å². The second-order valence-corrected chi connectivity index (χ2v) is 4.91. The van der Waals surface area contributed by atoms with Gasteiger partial charge in [0.2, 0.25) is 0 Å². The molecule has 1 aliphatic carbocycles. The van der Waals surface area contributed by atoms with Gasteiger partial charge in [-0.3, -0.25) is 0 Å². The number of hydrogen-bond acceptors (Lipinski definition) is 3. The van der Waals surface area contributed by atoms with Gasteiger partial charge in [0.1, 0.15) is 5.82 Å². The first-order valence-electron chi connectivity index (χ1n) is 6.15. The lowest BCUT2D eigenvalue weighted by Crippen LogP contribution is -2.24. The zero-order valence-corrected chi connectivity index (χ0v) is 10.2. The fourth-order valence-corrected chi connectivity index (χ4v) is 2.54. The molecular weight excluding hydrogens is 198 g/mol. The van der Waals surface area contributed by atoms with Crippen molar-refractivity contribution in [3.8, 4) is 0 Å². The van der Waals surface area contributed by atoms with Gasteiger partial charge in [-0.1, -0.05) is 12.8 Å². The van der Waals surface area contributed by atoms with E-state index in [4.69, 9.17) is 5.73 Å². The monoisotopic (exact) mass is 219 g/mol. The quantitative estimate of drug-likeness (QED) is 0.821. The Morgan fingerprint density at radius 2 is 2.12 bits per heavy atom. The van der Waals surface area contributed by atoms with Crippen LogP contribution < -0.4 is 11.1 Å². The Kier molecular flexibility index (Phi) is 3.32. The standard InChI is InChI=1S/C13H21N3/c1-9-7-12(14)8-15-13(9)16-10(2)11-5-3-4-6-11/h7-8,10-11H,3-6,14H2,1-2H3,(H,15,16). The van der Waals surface area contributed by atoms with Crippen molar-refractivity contribution in [3.63, 3.8) is 0 Å². The molecule has 0 amide bonds. The number of nitrogen functional groups attached to an aromatic ring is 1. The van der Waals surface area contributed by atoms with Crippen LogP contribution >= 0.6 is 0 Å². The maximum atomic E-state index is 5.69. The van der Waals surface area contributed by atoms with Crippen molar-refractivity contribution in [2.24, 2.45) is 5.92 Å². The molecule has 0 aliphatic heterocycles. The summed E-state index contributed by atoms with van der Waals surface area (Å²) >= 11 is 0. The Labute approximate surface area is 97.5 Å². The molecule has 0 bridgehead atoms. The summed E-state index contributed by atoms with van der Waals surface area (Å²) in [6.07, 6.45) is 7.18. The Morgan fingerprint density at radius 3 is 2.75 bits per heavy atom. The Bertz CT molecular complexity index is 356. The first-order valence-corrected chi connectivity index (χ1v) is 6.15. The smallest absolute Gasteiger partial charge is 0.129 e. The fourth-order valence-electron chi connectivity index (χ4n) is 2.54. The van der Waals surface area contributed by atoms with Gasteiger partial charge in [0.15, 0.2) is 0 Å². The number of pyridine rings is 1. The van der Waals surface area contributed by atoms with E-state index in [-0.39, 0.29) is 0 Å². The summed E-state index contributed by atoms with van der Waals surface area (Å²) in [6.45, 7) is 4.31. The highest BCUT2D eigenvalue weighted by atomic mass is 15.0. The molecule has 1 fully saturated rings. The van der Waals surface area contributed by atoms with Gasteiger partial charge in [0.05, 0.1) is 11.9 Å². The van der Waals surface area contributed by atoms with E-state index >= 15 is 0 Å². The lowest BCUT2D eigenvalue weighted by molar-refractivity contribution is 0.481. The number of nitrogens with one attached hydrogen (secondary N) is 1. The maximum Gasteiger partial charge on any atom is 0.129 e. The average molecular weight is 219 g/mol. The summed E-state index contributed by atoms with van der Waals surface area (Å²) < 4.78 is 0. The molecule has 3 N–H and O–H groups in total. The van der Waals surface area contributed by atoms with E-state index in [9.17, 15) is 0 Å². The SMILES string of the molecule is Cc1cc(N)cnc1NC(C)C1CCCC1. The van der Waals surface area contributed by atoms with Crippen LogP contribution in [0.4, 0.5) is 11.5 Å². The summed E-state index contributed by atoms with van der Waals surface area (Å²) in [5, 5.41) is 3.51. The maximum absolute atomic E-state index is 5.69. The Hall–Kier alpha value is -1.25. The fraction of sp³-hybridized carbons (Fsp3) is 0.615. The van der Waals surface area contributed by atoms with E-state index in [1.807, 2.05) is 13.0 Å². The summed E-state index contributed by atoms with van der Waals surface area (Å²) in [6, 6.07) is 2.48. The third kappa shape index (κ3) is 2.46. The Balaban J connectivity index is 2.02. The number of aromatic nitrogens is 1. The molecule has 3 nitrogen and oxygen atoms in total. The molecule has 1 unspecified atom stereocenters. The largest absolute Gasteiger partial charge is 0.397 e. The molecule has 16 heavy (non-hydrogen) atoms. The van der Waals surface area contributed by atoms with E-state index in [0.717, 1.165) is 23.0 Å². The first-order chi connectivity index (χ1) is 7.66. The molecular formula is C13H21N3. The van der Waals surface area contributed by atoms with Crippen molar-refractivity contribution in [2.75, 3.05) is 11.1 Å². The molecule has 1 saturated carbocycles. The van der Waals surface area contributed by atoms with Crippen molar-refractivity contribution in [1.29, 1.82) is 0 Å². The minimum absolute atomic E-state index is 0.511. The van der Waals surface area contributed by atoms with Crippen molar-refractivity contribution in [3.05, 3.63) is 17.8 Å². The van der Waals surface area contributed by atoms with Crippen LogP contribution in [-0.2, 0) is 0 Å². The highest BCUT2D eigenvalue weighted by Gasteiger charge is 2.21. The third-order valence-electron chi connectivity index (χ3n) is 3.57. The average Bonchev–Trinajstić information content (AvgIpc) is 2.75. The number of rotatable bonds is 3. The van der Waals surface area contributed by atoms with E-state index in [1.54, 1.807) is 6.20 Å². The third-order valence-corrected chi connectivity index (χ3v) is 3.57. The minimum Gasteiger partial charge on any atom is -0.397 e. The molecule has 1 aromatic rings. The summed E-state index contributed by atoms with van der Waals surface area (Å²) in [5.74, 6) is 1.78. The number of anilines is 2. The predicted octanol–water partition coefficient (Wildman–Crippen LogP) is 2.96. The van der Waals surface area contributed by atoms with Crippen LogP contribution in [0, 0.1) is 12.8 Å². The Morgan fingerprint density at radius 1 is 1.44 bits per heavy atom. The van der Waals surface area contributed by atoms with Crippen LogP contribution in [0.25, 0.3) is 0 Å². The van der Waals surface area contributed by atoms with Crippen LogP contribution in [0.1, 0.15) is 38.2 Å². The van der Waals surface area contributed by atoms with Crippen LogP contribution in [-0.4, -0.2) is 11.0 Å². The summed E-state index contributed by atoms with van der Waals surface area (Å²) in [4.78, 5) is 4.35. The summed E-state index contributed by atoms with van der Waals surface area (Å²) in [7, 11) is 0. The normalized spacial score (nSPS) is 18.6. The van der Waals surface area contributed by atoms with Gasteiger partial charge in [-0.25, -0.2) is 4.98 Å². The molecule has 0 aromatic carbocycles. The van der Waals surface area contributed by atoms with Crippen LogP contribution in [0.5, 0.6) is 0 Å². The molecule has 0 radical (unpaired) electrons. The lowest BCUT2D eigenvalue weighted by atomic mass is 10.00. The van der Waals surface area contributed by atoms with Crippen molar-refractivity contribution < 1.29 is 0 Å². The van der Waals surface area contributed by atoms with Gasteiger partial charge in [-0.15, -0.1) is 0 Å². The van der Waals surface area contributed by atoms with Gasteiger partial charge in [-0.05, 0) is 44.2 Å². The number of nitrogens with zero attached hydrogens (tertiary/aromatic N) is 1. The van der Waals surface area contributed by atoms with Gasteiger partial charge < -0.3 is 11.1 Å². The lowest BCUT2D eigenvalue weighted by Gasteiger charge is -2.21. The van der Waals surface area contributed by atoms with E-state index in [1.165, 1.54) is 25.7 Å². The van der Waals surface area contributed by atoms with Gasteiger partial charge in [0, 0.05) is 6.04 Å². The van der Waals surface area contributed by atoms with Crippen LogP contribution in [0.15, 0.2) is 12.3 Å².